The van der Waals surface area contributed by atoms with E-state index in [4.69, 9.17) is 0 Å². The van der Waals surface area contributed by atoms with Crippen molar-refractivity contribution in [1.29, 1.82) is 0 Å². The lowest BCUT2D eigenvalue weighted by molar-refractivity contribution is -0.137. The molecule has 0 spiro atoms. The highest BCUT2D eigenvalue weighted by atomic mass is 19.4. The van der Waals surface area contributed by atoms with Gasteiger partial charge in [-0.25, -0.2) is 14.8 Å². The number of amides is 1. The van der Waals surface area contributed by atoms with Gasteiger partial charge in [0, 0.05) is 35.6 Å². The Morgan fingerprint density at radius 1 is 1.05 bits per heavy atom. The van der Waals surface area contributed by atoms with Gasteiger partial charge in [-0.1, -0.05) is 12.1 Å². The third-order valence-corrected chi connectivity index (χ3v) is 6.26. The predicted octanol–water partition coefficient (Wildman–Crippen LogP) is 6.23. The Balaban J connectivity index is 1.62. The van der Waals surface area contributed by atoms with Crippen LogP contribution in [0.3, 0.4) is 0 Å². The zero-order chi connectivity index (χ0) is 27.9. The van der Waals surface area contributed by atoms with E-state index in [9.17, 15) is 31.1 Å². The molecular weight excluding hydrogens is 530 g/mol. The van der Waals surface area contributed by atoms with Gasteiger partial charge in [0.25, 0.3) is 0 Å². The molecule has 4 aromatic rings. The molecule has 0 aliphatic carbocycles. The van der Waals surface area contributed by atoms with E-state index in [2.05, 4.69) is 30.3 Å². The van der Waals surface area contributed by atoms with Crippen molar-refractivity contribution in [2.45, 2.75) is 25.3 Å². The fourth-order valence-corrected chi connectivity index (χ4v) is 4.50. The predicted molar refractivity (Wildman–Crippen MR) is 130 cm³/mol. The molecule has 14 heteroatoms. The SMILES string of the molecule is COC(=O)Nc1ccc2c(-c3nc(Nc4ccc5c(c4)CNCC5)ncc3C(F)(F)F)c[nH]c2c1C(F)(F)F. The molecular formula is C25H20F6N6O2. The van der Waals surface area contributed by atoms with Gasteiger partial charge < -0.3 is 20.4 Å². The molecule has 0 saturated heterocycles. The molecule has 0 bridgehead atoms. The Morgan fingerprint density at radius 2 is 1.85 bits per heavy atom. The minimum absolute atomic E-state index is 0.170. The first kappa shape index (κ1) is 26.3. The summed E-state index contributed by atoms with van der Waals surface area (Å²) in [6, 6.07) is 7.59. The molecule has 3 heterocycles. The van der Waals surface area contributed by atoms with E-state index in [1.54, 1.807) is 6.07 Å². The molecule has 0 atom stereocenters. The van der Waals surface area contributed by atoms with Crippen LogP contribution in [0.4, 0.5) is 48.5 Å². The fourth-order valence-electron chi connectivity index (χ4n) is 4.50. The van der Waals surface area contributed by atoms with Gasteiger partial charge in [-0.3, -0.25) is 5.32 Å². The maximum atomic E-state index is 14.0. The molecule has 5 rings (SSSR count). The second-order valence-corrected chi connectivity index (χ2v) is 8.72. The monoisotopic (exact) mass is 550 g/mol. The third-order valence-electron chi connectivity index (χ3n) is 6.26. The number of ether oxygens (including phenoxy) is 1. The summed E-state index contributed by atoms with van der Waals surface area (Å²) in [4.78, 5) is 21.9. The number of hydrogen-bond donors (Lipinski definition) is 4. The van der Waals surface area contributed by atoms with Gasteiger partial charge in [0.2, 0.25) is 5.95 Å². The van der Waals surface area contributed by atoms with E-state index in [1.165, 1.54) is 0 Å². The topological polar surface area (TPSA) is 104 Å². The van der Waals surface area contributed by atoms with Crippen LogP contribution < -0.4 is 16.0 Å². The minimum atomic E-state index is -4.97. The number of hydrogen-bond acceptors (Lipinski definition) is 6. The fraction of sp³-hybridized carbons (Fsp3) is 0.240. The van der Waals surface area contributed by atoms with Crippen molar-refractivity contribution in [2.75, 3.05) is 24.3 Å². The molecule has 0 unspecified atom stereocenters. The van der Waals surface area contributed by atoms with Crippen molar-refractivity contribution in [1.82, 2.24) is 20.3 Å². The lowest BCUT2D eigenvalue weighted by Gasteiger charge is -2.18. The number of methoxy groups -OCH3 is 1. The summed E-state index contributed by atoms with van der Waals surface area (Å²) in [5.41, 5.74) is -1.80. The Labute approximate surface area is 216 Å². The molecule has 39 heavy (non-hydrogen) atoms. The number of benzene rings is 2. The molecule has 2 aromatic heterocycles. The summed E-state index contributed by atoms with van der Waals surface area (Å²) < 4.78 is 88.2. The van der Waals surface area contributed by atoms with E-state index in [-0.39, 0.29) is 16.9 Å². The van der Waals surface area contributed by atoms with Gasteiger partial charge in [0.1, 0.15) is 11.1 Å². The normalized spacial score (nSPS) is 13.7. The molecule has 2 aromatic carbocycles. The average Bonchev–Trinajstić information content (AvgIpc) is 3.30. The second-order valence-electron chi connectivity index (χ2n) is 8.72. The van der Waals surface area contributed by atoms with Crippen LogP contribution in [0, 0.1) is 0 Å². The highest BCUT2D eigenvalue weighted by Gasteiger charge is 2.39. The van der Waals surface area contributed by atoms with Crippen molar-refractivity contribution in [3.63, 3.8) is 0 Å². The molecule has 8 nitrogen and oxygen atoms in total. The number of alkyl halides is 6. The van der Waals surface area contributed by atoms with Gasteiger partial charge in [-0.15, -0.1) is 0 Å². The van der Waals surface area contributed by atoms with Crippen LogP contribution in [-0.2, 0) is 30.1 Å². The van der Waals surface area contributed by atoms with Gasteiger partial charge >= 0.3 is 18.4 Å². The van der Waals surface area contributed by atoms with E-state index in [0.29, 0.717) is 18.4 Å². The average molecular weight is 550 g/mol. The second kappa shape index (κ2) is 9.76. The first-order chi connectivity index (χ1) is 18.5. The summed E-state index contributed by atoms with van der Waals surface area (Å²) in [6.45, 7) is 1.47. The molecule has 1 aliphatic heterocycles. The maximum Gasteiger partial charge on any atom is 0.420 e. The van der Waals surface area contributed by atoms with Crippen LogP contribution in [0.5, 0.6) is 0 Å². The van der Waals surface area contributed by atoms with Crippen LogP contribution in [0.1, 0.15) is 22.3 Å². The molecule has 204 valence electrons. The number of nitrogens with one attached hydrogen (secondary N) is 4. The number of aromatic nitrogens is 3. The molecule has 0 saturated carbocycles. The summed E-state index contributed by atoms with van der Waals surface area (Å²) >= 11 is 0. The number of fused-ring (bicyclic) bond motifs is 2. The van der Waals surface area contributed by atoms with Crippen LogP contribution >= 0.6 is 0 Å². The number of anilines is 3. The van der Waals surface area contributed by atoms with Crippen LogP contribution in [0.15, 0.2) is 42.7 Å². The number of halogens is 6. The summed E-state index contributed by atoms with van der Waals surface area (Å²) in [7, 11) is 0.980. The third kappa shape index (κ3) is 5.19. The maximum absolute atomic E-state index is 14.0. The summed E-state index contributed by atoms with van der Waals surface area (Å²) in [5, 5.41) is 7.92. The van der Waals surface area contributed by atoms with E-state index in [1.807, 2.05) is 17.4 Å². The number of rotatable bonds is 4. The zero-order valence-electron chi connectivity index (χ0n) is 20.1. The van der Waals surface area contributed by atoms with Crippen molar-refractivity contribution >= 4 is 34.3 Å². The minimum Gasteiger partial charge on any atom is -0.453 e. The van der Waals surface area contributed by atoms with Gasteiger partial charge in [0.05, 0.1) is 24.0 Å². The van der Waals surface area contributed by atoms with Crippen molar-refractivity contribution in [3.05, 3.63) is 65.0 Å². The quantitative estimate of drug-likeness (QED) is 0.225. The van der Waals surface area contributed by atoms with Crippen molar-refractivity contribution in [3.8, 4) is 11.3 Å². The van der Waals surface area contributed by atoms with Gasteiger partial charge in [0.15, 0.2) is 0 Å². The standard InChI is InChI=1S/C25H20F6N6O2/c1-39-23(38)36-18-5-4-15-16(10-33-21(15)19(18)25(29,30)31)20-17(24(26,27)28)11-34-22(37-20)35-14-3-2-12-6-7-32-9-13(12)8-14/h2-5,8,10-11,32-33H,6-7,9H2,1H3,(H,36,38)(H,34,35,37). The number of H-pyrrole nitrogens is 1. The first-order valence-electron chi connectivity index (χ1n) is 11.6. The lowest BCUT2D eigenvalue weighted by Crippen LogP contribution is -2.23. The first-order valence-corrected chi connectivity index (χ1v) is 11.6. The zero-order valence-corrected chi connectivity index (χ0v) is 20.1. The number of aromatic amines is 1. The Kier molecular flexibility index (Phi) is 6.58. The highest BCUT2D eigenvalue weighted by Crippen LogP contribution is 2.44. The number of nitrogens with zero attached hydrogens (tertiary/aromatic N) is 2. The highest BCUT2D eigenvalue weighted by molar-refractivity contribution is 6.01. The van der Waals surface area contributed by atoms with Gasteiger partial charge in [-0.05, 0) is 42.3 Å². The van der Waals surface area contributed by atoms with Crippen LogP contribution in [-0.4, -0.2) is 34.7 Å². The molecule has 1 amide bonds. The van der Waals surface area contributed by atoms with E-state index < -0.39 is 46.5 Å². The van der Waals surface area contributed by atoms with Crippen molar-refractivity contribution in [2.24, 2.45) is 0 Å². The Bertz CT molecular complexity index is 1560. The summed E-state index contributed by atoms with van der Waals surface area (Å²) in [5.74, 6) is -0.170. The smallest absolute Gasteiger partial charge is 0.420 e. The Hall–Kier alpha value is -4.33. The van der Waals surface area contributed by atoms with Crippen LogP contribution in [0.25, 0.3) is 22.2 Å². The number of carbonyl (C=O) groups excluding carboxylic acids is 1. The lowest BCUT2D eigenvalue weighted by atomic mass is 10.0. The Morgan fingerprint density at radius 3 is 2.56 bits per heavy atom. The molecule has 4 N–H and O–H groups in total. The molecule has 0 fully saturated rings. The summed E-state index contributed by atoms with van der Waals surface area (Å²) in [6.07, 6.45) is -8.57. The molecule has 0 radical (unpaired) electrons. The van der Waals surface area contributed by atoms with Crippen LogP contribution in [0.2, 0.25) is 0 Å². The van der Waals surface area contributed by atoms with Crippen molar-refractivity contribution < 1.29 is 35.9 Å². The largest absolute Gasteiger partial charge is 0.453 e. The van der Waals surface area contributed by atoms with E-state index >= 15 is 0 Å². The molecule has 1 aliphatic rings. The van der Waals surface area contributed by atoms with Gasteiger partial charge in [-0.2, -0.15) is 26.3 Å². The number of carbonyl (C=O) groups is 1. The van der Waals surface area contributed by atoms with E-state index in [0.717, 1.165) is 49.5 Å².